The maximum absolute atomic E-state index is 2.28. The van der Waals surface area contributed by atoms with Crippen LogP contribution in [0.4, 0.5) is 0 Å². The summed E-state index contributed by atoms with van der Waals surface area (Å²) in [7, 11) is 0. The van der Waals surface area contributed by atoms with Gasteiger partial charge in [-0.15, -0.1) is 0 Å². The molecule has 0 saturated carbocycles. The first-order valence-corrected chi connectivity index (χ1v) is 4.78. The summed E-state index contributed by atoms with van der Waals surface area (Å²) in [6, 6.07) is 8.60. The maximum atomic E-state index is 2.28. The fraction of sp³-hybridized carbons (Fsp3) is 0.111. The van der Waals surface area contributed by atoms with Crippen molar-refractivity contribution in [2.45, 2.75) is 3.63 Å². The normalized spacial score (nSPS) is 16.3. The van der Waals surface area contributed by atoms with E-state index in [-0.39, 0.29) is 35.8 Å². The SMILES string of the molecule is [Cl-].[Cl-].[SiH4].[Zr+2][CH]1C=Cc2ccccc21. The molecule has 1 aliphatic rings. The van der Waals surface area contributed by atoms with E-state index < -0.39 is 0 Å². The number of halogens is 2. The van der Waals surface area contributed by atoms with Crippen molar-refractivity contribution in [2.75, 3.05) is 0 Å². The second kappa shape index (κ2) is 7.00. The van der Waals surface area contributed by atoms with Crippen LogP contribution >= 0.6 is 0 Å². The third kappa shape index (κ3) is 3.36. The van der Waals surface area contributed by atoms with Crippen LogP contribution in [-0.4, -0.2) is 11.0 Å². The molecule has 0 amide bonds. The van der Waals surface area contributed by atoms with Crippen molar-refractivity contribution < 1.29 is 49.5 Å². The van der Waals surface area contributed by atoms with E-state index in [1.54, 1.807) is 24.7 Å². The van der Waals surface area contributed by atoms with E-state index in [0.29, 0.717) is 3.63 Å². The van der Waals surface area contributed by atoms with Gasteiger partial charge in [-0.25, -0.2) is 0 Å². The van der Waals surface area contributed by atoms with Gasteiger partial charge in [0.2, 0.25) is 0 Å². The first-order valence-electron chi connectivity index (χ1n) is 3.36. The first-order chi connectivity index (χ1) is 4.88. The van der Waals surface area contributed by atoms with Gasteiger partial charge in [0.15, 0.2) is 0 Å². The molecule has 0 spiro atoms. The molecule has 0 aromatic heterocycles. The minimum absolute atomic E-state index is 0. The number of hydrogen-bond acceptors (Lipinski definition) is 0. The molecule has 0 fully saturated rings. The fourth-order valence-electron chi connectivity index (χ4n) is 1.25. The molecule has 0 saturated heterocycles. The van der Waals surface area contributed by atoms with Gasteiger partial charge in [-0.2, -0.15) is 0 Å². The molecule has 1 atom stereocenters. The predicted molar refractivity (Wildman–Crippen MR) is 49.6 cm³/mol. The van der Waals surface area contributed by atoms with Gasteiger partial charge >= 0.3 is 75.9 Å². The number of rotatable bonds is 0. The summed E-state index contributed by atoms with van der Waals surface area (Å²) in [5.74, 6) is 0. The molecule has 1 aliphatic carbocycles. The summed E-state index contributed by atoms with van der Waals surface area (Å²) in [5.41, 5.74) is 2.91. The van der Waals surface area contributed by atoms with Crippen LogP contribution in [0.5, 0.6) is 0 Å². The van der Waals surface area contributed by atoms with E-state index in [2.05, 4.69) is 36.4 Å². The number of benzene rings is 1. The van der Waals surface area contributed by atoms with Crippen LogP contribution in [-0.2, 0) is 24.7 Å². The van der Waals surface area contributed by atoms with Crippen molar-refractivity contribution >= 4 is 17.0 Å². The number of allylic oxidation sites excluding steroid dienone is 1. The Balaban J connectivity index is 0. The van der Waals surface area contributed by atoms with Crippen LogP contribution in [0, 0.1) is 0 Å². The molecule has 0 N–H and O–H groups in total. The Morgan fingerprint density at radius 3 is 2.31 bits per heavy atom. The Morgan fingerprint density at radius 1 is 1.08 bits per heavy atom. The molecule has 0 bridgehead atoms. The zero-order valence-corrected chi connectivity index (χ0v) is 10.3. The minimum atomic E-state index is 0. The van der Waals surface area contributed by atoms with E-state index in [0.717, 1.165) is 0 Å². The van der Waals surface area contributed by atoms with E-state index in [1.807, 2.05) is 0 Å². The van der Waals surface area contributed by atoms with Gasteiger partial charge < -0.3 is 24.8 Å². The van der Waals surface area contributed by atoms with Crippen molar-refractivity contribution in [3.8, 4) is 0 Å². The van der Waals surface area contributed by atoms with E-state index >= 15 is 0 Å². The summed E-state index contributed by atoms with van der Waals surface area (Å²) in [5, 5.41) is 0. The Labute approximate surface area is 111 Å². The third-order valence-electron chi connectivity index (χ3n) is 1.80. The summed E-state index contributed by atoms with van der Waals surface area (Å²) in [6.45, 7) is 0. The Kier molecular flexibility index (Phi) is 8.66. The second-order valence-electron chi connectivity index (χ2n) is 2.47. The Morgan fingerprint density at radius 2 is 1.69 bits per heavy atom. The van der Waals surface area contributed by atoms with Crippen molar-refractivity contribution in [1.29, 1.82) is 0 Å². The predicted octanol–water partition coefficient (Wildman–Crippen LogP) is -5.14. The van der Waals surface area contributed by atoms with Crippen LogP contribution < -0.4 is 24.8 Å². The number of fused-ring (bicyclic) bond motifs is 1. The first kappa shape index (κ1) is 16.1. The van der Waals surface area contributed by atoms with Gasteiger partial charge in [-0.3, -0.25) is 0 Å². The summed E-state index contributed by atoms with van der Waals surface area (Å²) in [6.07, 6.45) is 4.50. The average molecular weight is 309 g/mol. The molecular formula is C9H11Cl2SiZr. The average Bonchev–Trinajstić information content (AvgIpc) is 2.34. The Bertz CT molecular complexity index is 289. The van der Waals surface area contributed by atoms with Gasteiger partial charge in [0.05, 0.1) is 0 Å². The standard InChI is InChI=1S/C9H7.2ClH.H4Si.Zr/c1-2-5-9-7-3-6-8(9)4-1;;;;/h1-7H;2*1H;1H4;/q;;;;+2/p-2. The van der Waals surface area contributed by atoms with Gasteiger partial charge in [-0.05, 0) is 11.0 Å². The van der Waals surface area contributed by atoms with Crippen LogP contribution in [0.1, 0.15) is 14.8 Å². The van der Waals surface area contributed by atoms with Crippen LogP contribution in [0.2, 0.25) is 0 Å². The molecule has 69 valence electrons. The van der Waals surface area contributed by atoms with E-state index in [1.165, 1.54) is 11.1 Å². The monoisotopic (exact) mass is 307 g/mol. The van der Waals surface area contributed by atoms with Gasteiger partial charge in [0, 0.05) is 0 Å². The van der Waals surface area contributed by atoms with Crippen LogP contribution in [0.15, 0.2) is 30.3 Å². The molecule has 1 aromatic carbocycles. The molecule has 13 heavy (non-hydrogen) atoms. The molecule has 0 aliphatic heterocycles. The van der Waals surface area contributed by atoms with Crippen LogP contribution in [0.25, 0.3) is 6.08 Å². The summed E-state index contributed by atoms with van der Waals surface area (Å²) < 4.78 is 0.711. The topological polar surface area (TPSA) is 0 Å². The molecule has 0 heterocycles. The van der Waals surface area contributed by atoms with Gasteiger partial charge in [0.25, 0.3) is 0 Å². The van der Waals surface area contributed by atoms with Gasteiger partial charge in [0.1, 0.15) is 0 Å². The molecule has 1 unspecified atom stereocenters. The molecule has 0 nitrogen and oxygen atoms in total. The molecule has 4 heteroatoms. The van der Waals surface area contributed by atoms with Crippen molar-refractivity contribution in [3.05, 3.63) is 41.5 Å². The molecule has 2 rings (SSSR count). The van der Waals surface area contributed by atoms with E-state index in [9.17, 15) is 0 Å². The quantitative estimate of drug-likeness (QED) is 0.421. The molecule has 1 aromatic rings. The van der Waals surface area contributed by atoms with Crippen molar-refractivity contribution in [2.24, 2.45) is 0 Å². The van der Waals surface area contributed by atoms with Crippen LogP contribution in [0.3, 0.4) is 0 Å². The van der Waals surface area contributed by atoms with E-state index in [4.69, 9.17) is 0 Å². The molecular weight excluding hydrogens is 298 g/mol. The fourth-order valence-corrected chi connectivity index (χ4v) is 2.13. The zero-order valence-electron chi connectivity index (χ0n) is 6.30. The van der Waals surface area contributed by atoms with Crippen molar-refractivity contribution in [3.63, 3.8) is 0 Å². The second-order valence-corrected chi connectivity index (χ2v) is 3.99. The zero-order chi connectivity index (χ0) is 6.97. The summed E-state index contributed by atoms with van der Waals surface area (Å²) >= 11 is 1.59. The third-order valence-corrected chi connectivity index (χ3v) is 3.04. The summed E-state index contributed by atoms with van der Waals surface area (Å²) in [4.78, 5) is 0. The molecule has 0 radical (unpaired) electrons. The van der Waals surface area contributed by atoms with Crippen molar-refractivity contribution in [1.82, 2.24) is 0 Å². The Hall–Kier alpha value is 0.640. The van der Waals surface area contributed by atoms with Gasteiger partial charge in [-0.1, -0.05) is 0 Å². The number of hydrogen-bond donors (Lipinski definition) is 0.